The highest BCUT2D eigenvalue weighted by Crippen LogP contribution is 2.39. The summed E-state index contributed by atoms with van der Waals surface area (Å²) >= 11 is 0. The van der Waals surface area contributed by atoms with E-state index < -0.39 is 0 Å². The molecule has 0 N–H and O–H groups in total. The van der Waals surface area contributed by atoms with Crippen LogP contribution < -0.4 is 0 Å². The van der Waals surface area contributed by atoms with Crippen molar-refractivity contribution in [2.24, 2.45) is 0 Å². The van der Waals surface area contributed by atoms with Gasteiger partial charge >= 0.3 is 0 Å². The van der Waals surface area contributed by atoms with Crippen LogP contribution >= 0.6 is 0 Å². The van der Waals surface area contributed by atoms with E-state index in [-0.39, 0.29) is 0 Å². The van der Waals surface area contributed by atoms with E-state index in [0.717, 1.165) is 67.3 Å². The van der Waals surface area contributed by atoms with Crippen LogP contribution in [0.15, 0.2) is 231 Å². The van der Waals surface area contributed by atoms with E-state index in [1.807, 2.05) is 12.1 Å². The minimum atomic E-state index is 0.681. The normalized spacial score (nSPS) is 11.4. The van der Waals surface area contributed by atoms with E-state index in [4.69, 9.17) is 19.9 Å². The predicted octanol–water partition coefficient (Wildman–Crippen LogP) is 15.5. The van der Waals surface area contributed by atoms with Gasteiger partial charge in [-0.25, -0.2) is 19.9 Å². The maximum atomic E-state index is 5.27. The van der Waals surface area contributed by atoms with E-state index in [9.17, 15) is 0 Å². The second kappa shape index (κ2) is 15.7. The molecule has 10 aromatic carbocycles. The summed E-state index contributed by atoms with van der Waals surface area (Å²) in [6.07, 6.45) is 0. The molecular weight excluding hydrogens is 777 g/mol. The Hall–Kier alpha value is -8.60. The van der Waals surface area contributed by atoms with Gasteiger partial charge in [0, 0.05) is 33.4 Å². The van der Waals surface area contributed by atoms with Crippen molar-refractivity contribution in [1.82, 2.24) is 19.9 Å². The van der Waals surface area contributed by atoms with Gasteiger partial charge in [-0.2, -0.15) is 0 Å². The molecule has 12 rings (SSSR count). The molecule has 0 saturated heterocycles. The Morgan fingerprint density at radius 2 is 0.516 bits per heavy atom. The Bertz CT molecular complexity index is 3450. The van der Waals surface area contributed by atoms with Crippen LogP contribution in [0.25, 0.3) is 122 Å². The third-order valence-electron chi connectivity index (χ3n) is 12.3. The van der Waals surface area contributed by atoms with Gasteiger partial charge in [0.15, 0.2) is 11.6 Å². The smallest absolute Gasteiger partial charge is 0.160 e. The van der Waals surface area contributed by atoms with Gasteiger partial charge in [-0.1, -0.05) is 206 Å². The van der Waals surface area contributed by atoms with Crippen molar-refractivity contribution >= 4 is 43.1 Å². The molecule has 64 heavy (non-hydrogen) atoms. The minimum absolute atomic E-state index is 0.681. The van der Waals surface area contributed by atoms with Crippen LogP contribution in [-0.4, -0.2) is 19.9 Å². The van der Waals surface area contributed by atoms with E-state index in [1.165, 1.54) is 43.1 Å². The van der Waals surface area contributed by atoms with Gasteiger partial charge in [0.05, 0.1) is 22.8 Å². The molecule has 0 atom stereocenters. The molecule has 2 aromatic heterocycles. The van der Waals surface area contributed by atoms with Crippen molar-refractivity contribution in [3.05, 3.63) is 231 Å². The van der Waals surface area contributed by atoms with Crippen LogP contribution in [-0.2, 0) is 0 Å². The predicted molar refractivity (Wildman–Crippen MR) is 266 cm³/mol. The van der Waals surface area contributed by atoms with Crippen LogP contribution in [0.3, 0.4) is 0 Å². The zero-order chi connectivity index (χ0) is 42.4. The van der Waals surface area contributed by atoms with Crippen LogP contribution in [0.2, 0.25) is 0 Å². The molecule has 4 nitrogen and oxygen atoms in total. The zero-order valence-electron chi connectivity index (χ0n) is 34.7. The van der Waals surface area contributed by atoms with Crippen LogP contribution in [0.5, 0.6) is 0 Å². The molecular formula is C60H38N4. The van der Waals surface area contributed by atoms with Gasteiger partial charge in [-0.3, -0.25) is 0 Å². The van der Waals surface area contributed by atoms with Crippen molar-refractivity contribution < 1.29 is 0 Å². The lowest BCUT2D eigenvalue weighted by molar-refractivity contribution is 1.18. The fourth-order valence-electron chi connectivity index (χ4n) is 9.10. The maximum absolute atomic E-state index is 5.27. The lowest BCUT2D eigenvalue weighted by atomic mass is 9.95. The Morgan fingerprint density at radius 3 is 0.922 bits per heavy atom. The Morgan fingerprint density at radius 1 is 0.203 bits per heavy atom. The fraction of sp³-hybridized carbons (Fsp3) is 0. The van der Waals surface area contributed by atoms with Crippen molar-refractivity contribution in [2.75, 3.05) is 0 Å². The Kier molecular flexibility index (Phi) is 9.12. The lowest BCUT2D eigenvalue weighted by Crippen LogP contribution is -1.97. The molecule has 0 fully saturated rings. The van der Waals surface area contributed by atoms with E-state index in [2.05, 4.69) is 218 Å². The van der Waals surface area contributed by atoms with E-state index in [0.29, 0.717) is 11.6 Å². The van der Waals surface area contributed by atoms with Gasteiger partial charge in [0.25, 0.3) is 0 Å². The highest BCUT2D eigenvalue weighted by molar-refractivity contribution is 6.14. The van der Waals surface area contributed by atoms with Crippen LogP contribution in [0.4, 0.5) is 0 Å². The molecule has 0 aliphatic carbocycles. The first kappa shape index (κ1) is 37.2. The summed E-state index contributed by atoms with van der Waals surface area (Å²) in [6, 6.07) is 81.0. The molecule has 0 amide bonds. The zero-order valence-corrected chi connectivity index (χ0v) is 34.7. The average molecular weight is 815 g/mol. The van der Waals surface area contributed by atoms with Crippen molar-refractivity contribution in [3.8, 4) is 78.9 Å². The number of fused-ring (bicyclic) bond motifs is 6. The van der Waals surface area contributed by atoms with Gasteiger partial charge < -0.3 is 0 Å². The third-order valence-corrected chi connectivity index (χ3v) is 12.3. The summed E-state index contributed by atoms with van der Waals surface area (Å²) in [4.78, 5) is 20.8. The molecule has 0 aliphatic rings. The van der Waals surface area contributed by atoms with E-state index >= 15 is 0 Å². The quantitative estimate of drug-likeness (QED) is 0.150. The van der Waals surface area contributed by atoms with Gasteiger partial charge in [0.2, 0.25) is 0 Å². The van der Waals surface area contributed by atoms with Gasteiger partial charge in [-0.15, -0.1) is 0 Å². The molecule has 0 radical (unpaired) electrons. The number of nitrogens with zero attached hydrogens (tertiary/aromatic N) is 4. The summed E-state index contributed by atoms with van der Waals surface area (Å²) in [7, 11) is 0. The molecule has 0 bridgehead atoms. The van der Waals surface area contributed by atoms with Crippen LogP contribution in [0.1, 0.15) is 0 Å². The monoisotopic (exact) mass is 814 g/mol. The standard InChI is InChI=1S/C60H38N4/c1-3-15-41(16-4-1)55-37-57(53-35-45-19-7-9-21-47(45)49-23-11-13-25-51(49)53)63-59(61-55)43-31-27-39(28-32-43)40-29-33-44(34-30-40)60-62-56(42-17-5-2-6-18-42)38-58(64-60)54-36-46-20-8-10-22-48(46)50-24-12-14-26-52(50)54/h1-38H. The molecule has 0 saturated carbocycles. The molecule has 2 heterocycles. The molecule has 0 unspecified atom stereocenters. The van der Waals surface area contributed by atoms with Gasteiger partial charge in [0.1, 0.15) is 0 Å². The third kappa shape index (κ3) is 6.75. The summed E-state index contributed by atoms with van der Waals surface area (Å²) in [5.74, 6) is 1.36. The topological polar surface area (TPSA) is 51.6 Å². The average Bonchev–Trinajstić information content (AvgIpc) is 3.38. The highest BCUT2D eigenvalue weighted by atomic mass is 14.9. The first-order valence-corrected chi connectivity index (χ1v) is 21.6. The van der Waals surface area contributed by atoms with Crippen molar-refractivity contribution in [1.29, 1.82) is 0 Å². The minimum Gasteiger partial charge on any atom is -0.228 e. The summed E-state index contributed by atoms with van der Waals surface area (Å²) in [5.41, 5.74) is 11.9. The SMILES string of the molecule is c1ccc(-c2cc(-c3cc4ccccc4c4ccccc34)nc(-c3ccc(-c4ccc(-c5nc(-c6ccccc6)cc(-c6cc7ccccc7c7ccccc67)n5)cc4)cc3)n2)cc1. The number of benzene rings is 10. The fourth-order valence-corrected chi connectivity index (χ4v) is 9.10. The first-order valence-electron chi connectivity index (χ1n) is 21.6. The van der Waals surface area contributed by atoms with E-state index in [1.54, 1.807) is 0 Å². The van der Waals surface area contributed by atoms with Crippen molar-refractivity contribution in [2.45, 2.75) is 0 Å². The van der Waals surface area contributed by atoms with Gasteiger partial charge in [-0.05, 0) is 78.5 Å². The largest absolute Gasteiger partial charge is 0.228 e. The summed E-state index contributed by atoms with van der Waals surface area (Å²) in [6.45, 7) is 0. The second-order valence-corrected chi connectivity index (χ2v) is 16.2. The maximum Gasteiger partial charge on any atom is 0.160 e. The van der Waals surface area contributed by atoms with Crippen molar-refractivity contribution in [3.63, 3.8) is 0 Å². The lowest BCUT2D eigenvalue weighted by Gasteiger charge is -2.14. The molecule has 4 heteroatoms. The summed E-state index contributed by atoms with van der Waals surface area (Å²) < 4.78 is 0. The molecule has 12 aromatic rings. The van der Waals surface area contributed by atoms with Crippen LogP contribution in [0, 0.1) is 0 Å². The molecule has 0 aliphatic heterocycles. The first-order chi connectivity index (χ1) is 31.7. The highest BCUT2D eigenvalue weighted by Gasteiger charge is 2.17. The number of hydrogen-bond acceptors (Lipinski definition) is 4. The number of rotatable bonds is 7. The number of hydrogen-bond donors (Lipinski definition) is 0. The molecule has 298 valence electrons. The number of aromatic nitrogens is 4. The second-order valence-electron chi connectivity index (χ2n) is 16.2. The molecule has 0 spiro atoms. The summed E-state index contributed by atoms with van der Waals surface area (Å²) in [5, 5.41) is 9.58. The Labute approximate surface area is 370 Å². The Balaban J connectivity index is 0.916.